The number of hydrogen-bond acceptors (Lipinski definition) is 10. The number of benzene rings is 5. The van der Waals surface area contributed by atoms with Gasteiger partial charge in [0.25, 0.3) is 17.4 Å². The predicted molar refractivity (Wildman–Crippen MR) is 291 cm³/mol. The van der Waals surface area contributed by atoms with Crippen molar-refractivity contribution in [2.75, 3.05) is 14.2 Å². The van der Waals surface area contributed by atoms with E-state index in [9.17, 15) is 38.4 Å². The Morgan fingerprint density at radius 2 is 1.12 bits per heavy atom. The van der Waals surface area contributed by atoms with Gasteiger partial charge in [-0.2, -0.15) is 0 Å². The van der Waals surface area contributed by atoms with E-state index < -0.39 is 35.0 Å². The standard InChI is InChI=1S/C26H19Cl2N3O5.C15H10IN2O2.C11H9Cl2NO3/c1-30-21-9-4-3-6-17(21)24(33)31(26(30)35)16-12-10-15(11-13-16)14-20(25(34)36-2)29-23(32)22-18(27)7-5-8-19(22)28;1-17-13-5-3-2-4-12(13)14(19)18(15(17)20)11-8-6-10(16)7-9-11;1-6(11(16)17-2)14-10(15)9-7(12)4-3-5-8(9)13/h3-14H,1-2H3,(H,29,32);3-9H,1H3;3-5H,1H2,2H3,(H,14,15)/q;+1;/b20-14-;;. The number of carbonyl (C=O) groups is 4. The monoisotopic (exact) mass is 1170 g/mol. The lowest BCUT2D eigenvalue weighted by Crippen LogP contribution is -2.40. The van der Waals surface area contributed by atoms with E-state index in [0.29, 0.717) is 39.1 Å². The van der Waals surface area contributed by atoms with Gasteiger partial charge in [-0.05, 0) is 107 Å². The topological polar surface area (TPSA) is 199 Å². The van der Waals surface area contributed by atoms with Crippen LogP contribution in [-0.4, -0.2) is 56.2 Å². The molecule has 0 radical (unpaired) electrons. The van der Waals surface area contributed by atoms with Crippen molar-refractivity contribution in [2.45, 2.75) is 0 Å². The molecular formula is C52H38Cl4IN6O10+. The maximum atomic E-state index is 13.0. The number of nitrogens with one attached hydrogen (secondary N) is 2. The van der Waals surface area contributed by atoms with Crippen molar-refractivity contribution in [3.63, 3.8) is 0 Å². The second-order valence-electron chi connectivity index (χ2n) is 15.1. The van der Waals surface area contributed by atoms with E-state index in [0.717, 1.165) is 8.14 Å². The number of aryl methyl sites for hydroxylation is 1. The molecule has 1 aliphatic carbocycles. The van der Waals surface area contributed by atoms with Crippen molar-refractivity contribution in [3.8, 4) is 11.4 Å². The van der Waals surface area contributed by atoms with Crippen LogP contribution >= 0.6 is 69.0 Å². The average molecular weight is 1180 g/mol. The maximum Gasteiger partial charge on any atom is 0.354 e. The number of carbonyl (C=O) groups excluding carboxylic acids is 4. The largest absolute Gasteiger partial charge is 0.464 e. The summed E-state index contributed by atoms with van der Waals surface area (Å²) < 4.78 is 15.3. The van der Waals surface area contributed by atoms with E-state index >= 15 is 0 Å². The summed E-state index contributed by atoms with van der Waals surface area (Å²) in [6, 6.07) is 29.6. The predicted octanol–water partition coefficient (Wildman–Crippen LogP) is 8.33. The number of methoxy groups -OCH3 is 2. The summed E-state index contributed by atoms with van der Waals surface area (Å²) in [6.07, 6.45) is 9.29. The van der Waals surface area contributed by atoms with Gasteiger partial charge >= 0.3 is 28.9 Å². The highest BCUT2D eigenvalue weighted by atomic mass is 127. The van der Waals surface area contributed by atoms with Gasteiger partial charge in [-0.3, -0.25) is 28.3 Å². The van der Waals surface area contributed by atoms with Crippen LogP contribution in [0.3, 0.4) is 0 Å². The second kappa shape index (κ2) is 24.2. The number of rotatable bonds is 9. The zero-order valence-electron chi connectivity index (χ0n) is 38.7. The summed E-state index contributed by atoms with van der Waals surface area (Å²) in [5.74, 6) is -2.84. The molecule has 2 heterocycles. The molecule has 0 bridgehead atoms. The van der Waals surface area contributed by atoms with Gasteiger partial charge in [0.15, 0.2) is 11.3 Å². The van der Waals surface area contributed by atoms with Crippen molar-refractivity contribution >= 4 is 122 Å². The summed E-state index contributed by atoms with van der Waals surface area (Å²) in [7, 11) is 5.61. The number of para-hydroxylation sites is 1. The third-order valence-corrected chi connectivity index (χ3v) is 12.5. The molecule has 2 amide bonds. The SMILES string of the molecule is C=C(NC(=O)c1c(Cl)cccc1Cl)C(=O)OC.COC(=O)/C(=C/c1ccc(-n2c(=O)c3ccccc3n(C)c2=O)cc1)NC(=O)c1c(Cl)cccc1Cl.Cn1c2c(c(=O)n(-c3ccc(I)cc3)c1=O)C=[C+]C=C2. The van der Waals surface area contributed by atoms with E-state index in [1.165, 1.54) is 58.3 Å². The van der Waals surface area contributed by atoms with E-state index in [1.54, 1.807) is 105 Å². The Morgan fingerprint density at radius 3 is 1.67 bits per heavy atom. The van der Waals surface area contributed by atoms with Gasteiger partial charge < -0.3 is 20.1 Å². The minimum atomic E-state index is -0.796. The number of esters is 2. The van der Waals surface area contributed by atoms with E-state index in [2.05, 4.69) is 50.6 Å². The third-order valence-electron chi connectivity index (χ3n) is 10.6. The summed E-state index contributed by atoms with van der Waals surface area (Å²) in [4.78, 5) is 98.7. The Hall–Kier alpha value is -7.64. The van der Waals surface area contributed by atoms with Crippen molar-refractivity contribution in [1.29, 1.82) is 0 Å². The number of aromatic nitrogens is 4. The maximum absolute atomic E-state index is 13.0. The molecule has 0 saturated heterocycles. The number of fused-ring (bicyclic) bond motifs is 2. The molecule has 8 rings (SSSR count). The van der Waals surface area contributed by atoms with Gasteiger partial charge in [0.05, 0.1) is 73.8 Å². The fourth-order valence-electron chi connectivity index (χ4n) is 6.93. The first kappa shape index (κ1) is 54.7. The molecule has 16 nitrogen and oxygen atoms in total. The summed E-state index contributed by atoms with van der Waals surface area (Å²) in [5.41, 5.74) is 1.16. The van der Waals surface area contributed by atoms with Gasteiger partial charge in [-0.1, -0.05) is 89.4 Å². The molecule has 0 unspecified atom stereocenters. The lowest BCUT2D eigenvalue weighted by Gasteiger charge is -2.12. The lowest BCUT2D eigenvalue weighted by atomic mass is 10.1. The smallest absolute Gasteiger partial charge is 0.354 e. The molecule has 5 aromatic carbocycles. The van der Waals surface area contributed by atoms with Gasteiger partial charge in [-0.15, -0.1) is 0 Å². The van der Waals surface area contributed by atoms with Gasteiger partial charge in [0, 0.05) is 23.7 Å². The molecule has 2 aromatic heterocycles. The van der Waals surface area contributed by atoms with Crippen LogP contribution < -0.4 is 33.1 Å². The first-order chi connectivity index (χ1) is 34.8. The Balaban J connectivity index is 0.000000198. The van der Waals surface area contributed by atoms with Crippen molar-refractivity contribution in [3.05, 3.63) is 233 Å². The van der Waals surface area contributed by atoms with Crippen LogP contribution in [0.25, 0.3) is 40.5 Å². The first-order valence-corrected chi connectivity index (χ1v) is 23.7. The van der Waals surface area contributed by atoms with Crippen LogP contribution in [0, 0.1) is 9.65 Å². The molecule has 0 aliphatic heterocycles. The second-order valence-corrected chi connectivity index (χ2v) is 18.0. The third kappa shape index (κ3) is 12.3. The van der Waals surface area contributed by atoms with E-state index in [-0.39, 0.29) is 53.9 Å². The molecule has 1 aliphatic rings. The minimum absolute atomic E-state index is 0.0116. The number of allylic oxidation sites excluding steroid dienone is 2. The highest BCUT2D eigenvalue weighted by Gasteiger charge is 2.24. The van der Waals surface area contributed by atoms with Crippen LogP contribution in [0.15, 0.2) is 152 Å². The average Bonchev–Trinajstić information content (AvgIpc) is 3.38. The molecule has 21 heteroatoms. The number of halogens is 5. The fraction of sp³-hybridized carbons (Fsp3) is 0.0769. The van der Waals surface area contributed by atoms with Gasteiger partial charge in [0.2, 0.25) is 0 Å². The number of hydrogen-bond donors (Lipinski definition) is 2. The quantitative estimate of drug-likeness (QED) is 0.0613. The molecule has 0 fully saturated rings. The zero-order valence-corrected chi connectivity index (χ0v) is 43.9. The summed E-state index contributed by atoms with van der Waals surface area (Å²) in [6.45, 7) is 3.36. The van der Waals surface area contributed by atoms with Crippen molar-refractivity contribution < 1.29 is 28.7 Å². The highest BCUT2D eigenvalue weighted by molar-refractivity contribution is 14.1. The van der Waals surface area contributed by atoms with Crippen LogP contribution in [-0.2, 0) is 33.2 Å². The van der Waals surface area contributed by atoms with Crippen LogP contribution in [0.1, 0.15) is 37.5 Å². The molecule has 0 atom stereocenters. The summed E-state index contributed by atoms with van der Waals surface area (Å²) in [5, 5.41) is 5.75. The van der Waals surface area contributed by atoms with Gasteiger partial charge in [-0.25, -0.2) is 28.3 Å². The molecule has 7 aromatic rings. The van der Waals surface area contributed by atoms with Crippen LogP contribution in [0.5, 0.6) is 0 Å². The highest BCUT2D eigenvalue weighted by Crippen LogP contribution is 2.26. The Labute approximate surface area is 448 Å². The fourth-order valence-corrected chi connectivity index (χ4v) is 8.43. The van der Waals surface area contributed by atoms with Crippen LogP contribution in [0.2, 0.25) is 20.1 Å². The number of nitrogens with zero attached hydrogens (tertiary/aromatic N) is 4. The first-order valence-electron chi connectivity index (χ1n) is 21.1. The number of amides is 2. The van der Waals surface area contributed by atoms with Crippen molar-refractivity contribution in [2.24, 2.45) is 14.1 Å². The molecule has 73 heavy (non-hydrogen) atoms. The normalized spacial score (nSPS) is 11.2. The molecular weight excluding hydrogens is 1140 g/mol. The van der Waals surface area contributed by atoms with E-state index in [4.69, 9.17) is 51.1 Å². The Bertz CT molecular complexity index is 3670. The molecule has 370 valence electrons. The Kier molecular flexibility index (Phi) is 18.1. The lowest BCUT2D eigenvalue weighted by molar-refractivity contribution is -0.137. The zero-order chi connectivity index (χ0) is 53.3. The molecule has 0 spiro atoms. The number of ether oxygens (including phenoxy) is 2. The van der Waals surface area contributed by atoms with E-state index in [1.807, 2.05) is 12.1 Å². The summed E-state index contributed by atoms with van der Waals surface area (Å²) >= 11 is 26.0. The van der Waals surface area contributed by atoms with Crippen molar-refractivity contribution in [1.82, 2.24) is 28.9 Å². The Morgan fingerprint density at radius 1 is 0.630 bits per heavy atom. The minimum Gasteiger partial charge on any atom is -0.464 e. The van der Waals surface area contributed by atoms with Gasteiger partial charge in [0.1, 0.15) is 23.5 Å². The van der Waals surface area contributed by atoms with Crippen LogP contribution in [0.4, 0.5) is 0 Å². The molecule has 2 N–H and O–H groups in total. The molecule has 0 saturated carbocycles.